The van der Waals surface area contributed by atoms with Crippen LogP contribution in [0.5, 0.6) is 5.75 Å². The molecule has 0 spiro atoms. The number of carbonyl (C=O) groups is 1. The third-order valence-electron chi connectivity index (χ3n) is 7.92. The van der Waals surface area contributed by atoms with Gasteiger partial charge in [-0.2, -0.15) is 4.98 Å². The zero-order valence-corrected chi connectivity index (χ0v) is 25.6. The number of carbonyl (C=O) groups excluding carboxylic acids is 1. The Balaban J connectivity index is 1.44. The maximum absolute atomic E-state index is 14.1. The third kappa shape index (κ3) is 6.24. The lowest BCUT2D eigenvalue weighted by molar-refractivity contribution is -0.111. The summed E-state index contributed by atoms with van der Waals surface area (Å²) in [6, 6.07) is 21.9. The Bertz CT molecular complexity index is 2030. The number of methoxy groups -OCH3 is 1. The first-order chi connectivity index (χ1) is 22.3. The van der Waals surface area contributed by atoms with Crippen molar-refractivity contribution in [2.24, 2.45) is 0 Å². The van der Waals surface area contributed by atoms with Crippen molar-refractivity contribution in [1.82, 2.24) is 24.0 Å². The average molecular weight is 619 g/mol. The van der Waals surface area contributed by atoms with E-state index in [2.05, 4.69) is 44.0 Å². The summed E-state index contributed by atoms with van der Waals surface area (Å²) in [5, 5.41) is 6.07. The van der Waals surface area contributed by atoms with Crippen molar-refractivity contribution in [1.29, 1.82) is 0 Å². The van der Waals surface area contributed by atoms with E-state index in [1.807, 2.05) is 48.5 Å². The molecule has 1 amide bonds. The summed E-state index contributed by atoms with van der Waals surface area (Å²) in [5.74, 6) is 0.369. The van der Waals surface area contributed by atoms with E-state index in [0.29, 0.717) is 22.8 Å². The summed E-state index contributed by atoms with van der Waals surface area (Å²) < 4.78 is 8.22. The lowest BCUT2D eigenvalue weighted by atomic mass is 10.2. The average Bonchev–Trinajstić information content (AvgIpc) is 3.08. The van der Waals surface area contributed by atoms with E-state index in [1.54, 1.807) is 31.4 Å². The van der Waals surface area contributed by atoms with E-state index in [9.17, 15) is 14.4 Å². The van der Waals surface area contributed by atoms with Gasteiger partial charge in [0.25, 0.3) is 5.56 Å². The molecule has 3 aromatic carbocycles. The molecule has 1 aliphatic rings. The van der Waals surface area contributed by atoms with E-state index >= 15 is 0 Å². The molecule has 0 aliphatic carbocycles. The highest BCUT2D eigenvalue weighted by Crippen LogP contribution is 2.32. The summed E-state index contributed by atoms with van der Waals surface area (Å²) in [6.45, 7) is 7.34. The minimum Gasteiger partial charge on any atom is -0.494 e. The normalized spacial score (nSPS) is 13.4. The van der Waals surface area contributed by atoms with Crippen LogP contribution < -0.4 is 31.5 Å². The van der Waals surface area contributed by atoms with Gasteiger partial charge in [0, 0.05) is 49.8 Å². The number of benzene rings is 3. The van der Waals surface area contributed by atoms with Crippen molar-refractivity contribution in [2.75, 3.05) is 55.9 Å². The predicted molar refractivity (Wildman–Crippen MR) is 180 cm³/mol. The first-order valence-electron chi connectivity index (χ1n) is 14.8. The Kier molecular flexibility index (Phi) is 8.61. The molecule has 0 bridgehead atoms. The van der Waals surface area contributed by atoms with Crippen molar-refractivity contribution >= 4 is 40.0 Å². The number of hydrogen-bond acceptors (Lipinski definition) is 9. The maximum Gasteiger partial charge on any atom is 0.337 e. The number of ether oxygens (including phenoxy) is 1. The number of hydrogen-bond donors (Lipinski definition) is 2. The topological polar surface area (TPSA) is 127 Å². The van der Waals surface area contributed by atoms with Crippen LogP contribution in [0.25, 0.3) is 16.7 Å². The molecule has 5 aromatic rings. The number of anilines is 4. The summed E-state index contributed by atoms with van der Waals surface area (Å²) in [7, 11) is 3.71. The third-order valence-corrected chi connectivity index (χ3v) is 7.92. The monoisotopic (exact) mass is 618 g/mol. The molecule has 234 valence electrons. The molecule has 0 unspecified atom stereocenters. The molecule has 1 fully saturated rings. The van der Waals surface area contributed by atoms with E-state index in [0.717, 1.165) is 48.1 Å². The van der Waals surface area contributed by atoms with Crippen LogP contribution in [-0.4, -0.2) is 70.2 Å². The van der Waals surface area contributed by atoms with Crippen LogP contribution in [0.3, 0.4) is 0 Å². The van der Waals surface area contributed by atoms with E-state index in [-0.39, 0.29) is 23.5 Å². The lowest BCUT2D eigenvalue weighted by Gasteiger charge is -2.34. The van der Waals surface area contributed by atoms with Crippen LogP contribution in [0, 0.1) is 0 Å². The van der Waals surface area contributed by atoms with E-state index in [1.165, 1.54) is 10.8 Å². The van der Waals surface area contributed by atoms with E-state index < -0.39 is 17.2 Å². The number of likely N-dealkylation sites (N-methyl/N-ethyl adjacent to an activating group) is 1. The molecule has 46 heavy (non-hydrogen) atoms. The second-order valence-corrected chi connectivity index (χ2v) is 11.0. The molecular weight excluding hydrogens is 584 g/mol. The van der Waals surface area contributed by atoms with Gasteiger partial charge in [-0.3, -0.25) is 14.2 Å². The maximum atomic E-state index is 14.1. The van der Waals surface area contributed by atoms with Crippen LogP contribution in [-0.2, 0) is 11.3 Å². The minimum absolute atomic E-state index is 0.0538. The highest BCUT2D eigenvalue weighted by atomic mass is 16.5. The number of aromatic nitrogens is 4. The highest BCUT2D eigenvalue weighted by molar-refractivity contribution is 5.99. The zero-order chi connectivity index (χ0) is 32.2. The zero-order valence-electron chi connectivity index (χ0n) is 25.6. The minimum atomic E-state index is -0.590. The van der Waals surface area contributed by atoms with Crippen LogP contribution in [0.1, 0.15) is 5.56 Å². The molecule has 12 heteroatoms. The largest absolute Gasteiger partial charge is 0.494 e. The van der Waals surface area contributed by atoms with Gasteiger partial charge in [0.05, 0.1) is 25.0 Å². The van der Waals surface area contributed by atoms with Crippen molar-refractivity contribution in [3.63, 3.8) is 0 Å². The van der Waals surface area contributed by atoms with Gasteiger partial charge in [0.1, 0.15) is 11.1 Å². The molecule has 3 heterocycles. The van der Waals surface area contributed by atoms with Crippen LogP contribution in [0.4, 0.5) is 23.0 Å². The predicted octanol–water partition coefficient (Wildman–Crippen LogP) is 3.62. The second kappa shape index (κ2) is 13.1. The van der Waals surface area contributed by atoms with Crippen LogP contribution in [0.15, 0.2) is 101 Å². The van der Waals surface area contributed by atoms with Gasteiger partial charge in [0.2, 0.25) is 11.9 Å². The molecule has 12 nitrogen and oxygen atoms in total. The second-order valence-electron chi connectivity index (χ2n) is 11.0. The molecule has 1 saturated heterocycles. The molecule has 0 saturated carbocycles. The fraction of sp³-hybridized carbons (Fsp3) is 0.206. The highest BCUT2D eigenvalue weighted by Gasteiger charge is 2.20. The fourth-order valence-electron chi connectivity index (χ4n) is 5.42. The Hall–Kier alpha value is -5.75. The van der Waals surface area contributed by atoms with Gasteiger partial charge in [0.15, 0.2) is 5.65 Å². The molecule has 2 N–H and O–H groups in total. The molecule has 6 rings (SSSR count). The first-order valence-corrected chi connectivity index (χ1v) is 14.8. The van der Waals surface area contributed by atoms with Crippen LogP contribution >= 0.6 is 0 Å². The summed E-state index contributed by atoms with van der Waals surface area (Å²) in [4.78, 5) is 53.6. The molecule has 2 aromatic heterocycles. The fourth-order valence-corrected chi connectivity index (χ4v) is 5.42. The van der Waals surface area contributed by atoms with Gasteiger partial charge in [-0.25, -0.2) is 14.3 Å². The number of nitrogens with zero attached hydrogens (tertiary/aromatic N) is 6. The van der Waals surface area contributed by atoms with E-state index in [4.69, 9.17) is 4.74 Å². The molecule has 1 aliphatic heterocycles. The standard InChI is InChI=1S/C34H34N8O4/c1-4-30(43)36-24-11-8-12-26(19-24)42-31-27(32(44)41(34(42)45)22-23-9-6-5-7-10-23)21-35-33(38-31)37-28-14-13-25(20-29(28)46-3)40-17-15-39(2)16-18-40/h4-14,19-21H,1,15-18,22H2,2-3H3,(H,36,43)(H,35,37,38). The van der Waals surface area contributed by atoms with Gasteiger partial charge >= 0.3 is 5.69 Å². The molecule has 0 radical (unpaired) electrons. The number of rotatable bonds is 9. The van der Waals surface area contributed by atoms with Gasteiger partial charge in [-0.15, -0.1) is 0 Å². The number of piperazine rings is 1. The van der Waals surface area contributed by atoms with Gasteiger partial charge in [-0.1, -0.05) is 43.0 Å². The smallest absolute Gasteiger partial charge is 0.337 e. The van der Waals surface area contributed by atoms with Crippen molar-refractivity contribution in [3.05, 3.63) is 118 Å². The Morgan fingerprint density at radius 2 is 1.76 bits per heavy atom. The van der Waals surface area contributed by atoms with Gasteiger partial charge in [-0.05, 0) is 49.0 Å². The van der Waals surface area contributed by atoms with Gasteiger partial charge < -0.3 is 25.2 Å². The number of amides is 1. The first kappa shape index (κ1) is 30.3. The quantitative estimate of drug-likeness (QED) is 0.238. The molecular formula is C34H34N8O4. The summed E-state index contributed by atoms with van der Waals surface area (Å²) in [5.41, 5.74) is 2.30. The summed E-state index contributed by atoms with van der Waals surface area (Å²) in [6.07, 6.45) is 2.57. The number of nitrogens with one attached hydrogen (secondary N) is 2. The SMILES string of the molecule is C=CC(=O)Nc1cccc(-n2c(=O)n(Cc3ccccc3)c(=O)c3cnc(Nc4ccc(N5CCN(C)CC5)cc4OC)nc32)c1. The number of fused-ring (bicyclic) bond motifs is 1. The van der Waals surface area contributed by atoms with Crippen molar-refractivity contribution in [2.45, 2.75) is 6.54 Å². The Morgan fingerprint density at radius 3 is 2.50 bits per heavy atom. The Labute approximate surface area is 265 Å². The van der Waals surface area contributed by atoms with Crippen molar-refractivity contribution < 1.29 is 9.53 Å². The lowest BCUT2D eigenvalue weighted by Crippen LogP contribution is -2.44. The van der Waals surface area contributed by atoms with Crippen LogP contribution in [0.2, 0.25) is 0 Å². The van der Waals surface area contributed by atoms with Crippen molar-refractivity contribution in [3.8, 4) is 11.4 Å². The summed E-state index contributed by atoms with van der Waals surface area (Å²) >= 11 is 0. The molecule has 0 atom stereocenters. The Morgan fingerprint density at radius 1 is 0.978 bits per heavy atom.